The van der Waals surface area contributed by atoms with Gasteiger partial charge in [0.05, 0.1) is 17.5 Å². The van der Waals surface area contributed by atoms with Crippen LogP contribution in [0.4, 0.5) is 0 Å². The molecule has 0 fully saturated rings. The van der Waals surface area contributed by atoms with Crippen LogP contribution in [0.15, 0.2) is 70.6 Å². The average Bonchev–Trinajstić information content (AvgIpc) is 2.99. The number of H-pyrrole nitrogens is 1. The highest BCUT2D eigenvalue weighted by Gasteiger charge is 2.11. The third-order valence-corrected chi connectivity index (χ3v) is 4.48. The number of hydrogen-bond donors (Lipinski definition) is 2. The van der Waals surface area contributed by atoms with Crippen LogP contribution in [0.1, 0.15) is 16.8 Å². The standard InChI is InChI=1S/C20H21N5OS/c1-15-18(19(26)25(23-15)17-11-7-4-8-12-17)14-22-24(2)20(27)21-13-16-9-5-3-6-10-16/h3-12,14,23H,13H2,1-2H3,(H,21,27)/b22-14+. The second kappa shape index (κ2) is 8.46. The van der Waals surface area contributed by atoms with Crippen molar-refractivity contribution < 1.29 is 0 Å². The van der Waals surface area contributed by atoms with Gasteiger partial charge in [-0.15, -0.1) is 0 Å². The number of rotatable bonds is 5. The third kappa shape index (κ3) is 4.51. The van der Waals surface area contributed by atoms with Crippen LogP contribution in [-0.2, 0) is 6.54 Å². The molecule has 0 spiro atoms. The molecule has 0 aliphatic rings. The summed E-state index contributed by atoms with van der Waals surface area (Å²) in [5.41, 5.74) is 2.99. The number of nitrogens with zero attached hydrogens (tertiary/aromatic N) is 3. The lowest BCUT2D eigenvalue weighted by Crippen LogP contribution is -2.33. The summed E-state index contributed by atoms with van der Waals surface area (Å²) in [6, 6.07) is 19.4. The lowest BCUT2D eigenvalue weighted by Gasteiger charge is -2.15. The lowest BCUT2D eigenvalue weighted by molar-refractivity contribution is 0.532. The van der Waals surface area contributed by atoms with E-state index < -0.39 is 0 Å². The first-order chi connectivity index (χ1) is 13.1. The summed E-state index contributed by atoms with van der Waals surface area (Å²) in [5, 5.41) is 12.5. The number of aryl methyl sites for hydroxylation is 1. The highest BCUT2D eigenvalue weighted by atomic mass is 32.1. The monoisotopic (exact) mass is 379 g/mol. The fourth-order valence-electron chi connectivity index (χ4n) is 2.56. The Morgan fingerprint density at radius 2 is 1.81 bits per heavy atom. The SMILES string of the molecule is Cc1[nH]n(-c2ccccc2)c(=O)c1/C=N/N(C)C(=S)NCc1ccccc1. The second-order valence-electron chi connectivity index (χ2n) is 6.04. The largest absolute Gasteiger partial charge is 0.357 e. The van der Waals surface area contributed by atoms with Crippen molar-refractivity contribution in [3.05, 3.63) is 87.8 Å². The molecule has 0 radical (unpaired) electrons. The van der Waals surface area contributed by atoms with Crippen molar-refractivity contribution in [1.29, 1.82) is 0 Å². The number of aromatic amines is 1. The predicted octanol–water partition coefficient (Wildman–Crippen LogP) is 2.81. The summed E-state index contributed by atoms with van der Waals surface area (Å²) in [4.78, 5) is 12.7. The molecule has 1 aromatic heterocycles. The van der Waals surface area contributed by atoms with Gasteiger partial charge in [0.1, 0.15) is 0 Å². The van der Waals surface area contributed by atoms with E-state index >= 15 is 0 Å². The second-order valence-corrected chi connectivity index (χ2v) is 6.43. The smallest absolute Gasteiger partial charge is 0.280 e. The molecular formula is C20H21N5OS. The molecule has 0 aliphatic carbocycles. The van der Waals surface area contributed by atoms with Gasteiger partial charge in [-0.3, -0.25) is 9.89 Å². The van der Waals surface area contributed by atoms with Gasteiger partial charge in [-0.25, -0.2) is 9.69 Å². The highest BCUT2D eigenvalue weighted by Crippen LogP contribution is 2.06. The van der Waals surface area contributed by atoms with E-state index in [4.69, 9.17) is 12.2 Å². The number of nitrogens with one attached hydrogen (secondary N) is 2. The Hall–Kier alpha value is -3.19. The van der Waals surface area contributed by atoms with Crippen LogP contribution in [0.5, 0.6) is 0 Å². The Labute approximate surface area is 163 Å². The van der Waals surface area contributed by atoms with Gasteiger partial charge >= 0.3 is 0 Å². The summed E-state index contributed by atoms with van der Waals surface area (Å²) >= 11 is 5.35. The lowest BCUT2D eigenvalue weighted by atomic mass is 10.2. The molecule has 138 valence electrons. The molecule has 6 nitrogen and oxygen atoms in total. The van der Waals surface area contributed by atoms with Gasteiger partial charge < -0.3 is 5.32 Å². The number of para-hydroxylation sites is 1. The van der Waals surface area contributed by atoms with Crippen molar-refractivity contribution in [3.8, 4) is 5.69 Å². The maximum absolute atomic E-state index is 12.7. The van der Waals surface area contributed by atoms with Crippen molar-refractivity contribution in [1.82, 2.24) is 20.1 Å². The fraction of sp³-hybridized carbons (Fsp3) is 0.150. The third-order valence-electron chi connectivity index (χ3n) is 4.07. The van der Waals surface area contributed by atoms with E-state index in [0.29, 0.717) is 17.2 Å². The molecule has 0 amide bonds. The summed E-state index contributed by atoms with van der Waals surface area (Å²) in [7, 11) is 1.74. The van der Waals surface area contributed by atoms with E-state index in [0.717, 1.165) is 16.9 Å². The zero-order chi connectivity index (χ0) is 19.2. The summed E-state index contributed by atoms with van der Waals surface area (Å²) in [6.07, 6.45) is 1.53. The number of aromatic nitrogens is 2. The summed E-state index contributed by atoms with van der Waals surface area (Å²) in [5.74, 6) is 0. The van der Waals surface area contributed by atoms with Crippen LogP contribution in [0.2, 0.25) is 0 Å². The quantitative estimate of drug-likeness (QED) is 0.406. The van der Waals surface area contributed by atoms with Crippen LogP contribution in [0.3, 0.4) is 0 Å². The van der Waals surface area contributed by atoms with E-state index in [1.54, 1.807) is 7.05 Å². The first-order valence-electron chi connectivity index (χ1n) is 8.53. The maximum Gasteiger partial charge on any atom is 0.280 e. The van der Waals surface area contributed by atoms with E-state index in [9.17, 15) is 4.79 Å². The van der Waals surface area contributed by atoms with Crippen LogP contribution < -0.4 is 10.9 Å². The first-order valence-corrected chi connectivity index (χ1v) is 8.93. The zero-order valence-electron chi connectivity index (χ0n) is 15.2. The van der Waals surface area contributed by atoms with Gasteiger partial charge in [-0.2, -0.15) is 5.10 Å². The van der Waals surface area contributed by atoms with Gasteiger partial charge in [0.2, 0.25) is 0 Å². The summed E-state index contributed by atoms with van der Waals surface area (Å²) in [6.45, 7) is 2.46. The van der Waals surface area contributed by atoms with Crippen LogP contribution in [0.25, 0.3) is 5.69 Å². The molecule has 0 aliphatic heterocycles. The molecule has 1 heterocycles. The van der Waals surface area contributed by atoms with E-state index in [1.165, 1.54) is 15.9 Å². The molecule has 2 aromatic carbocycles. The van der Waals surface area contributed by atoms with Gasteiger partial charge in [0, 0.05) is 19.3 Å². The Morgan fingerprint density at radius 1 is 1.19 bits per heavy atom. The molecule has 7 heteroatoms. The average molecular weight is 379 g/mol. The number of benzene rings is 2. The topological polar surface area (TPSA) is 65.4 Å². The van der Waals surface area contributed by atoms with Crippen LogP contribution in [0, 0.1) is 6.92 Å². The molecule has 2 N–H and O–H groups in total. The van der Waals surface area contributed by atoms with E-state index in [-0.39, 0.29) is 5.56 Å². The minimum Gasteiger partial charge on any atom is -0.357 e. The summed E-state index contributed by atoms with van der Waals surface area (Å²) < 4.78 is 1.50. The van der Waals surface area contributed by atoms with Crippen molar-refractivity contribution in [3.63, 3.8) is 0 Å². The van der Waals surface area contributed by atoms with Gasteiger partial charge in [-0.1, -0.05) is 48.5 Å². The van der Waals surface area contributed by atoms with Crippen molar-refractivity contribution in [2.75, 3.05) is 7.05 Å². The maximum atomic E-state index is 12.7. The van der Waals surface area contributed by atoms with Crippen molar-refractivity contribution in [2.45, 2.75) is 13.5 Å². The van der Waals surface area contributed by atoms with Gasteiger partial charge in [0.25, 0.3) is 5.56 Å². The predicted molar refractivity (Wildman–Crippen MR) is 112 cm³/mol. The molecule has 3 aromatic rings. The normalized spacial score (nSPS) is 10.9. The minimum absolute atomic E-state index is 0.154. The van der Waals surface area contributed by atoms with Crippen molar-refractivity contribution >= 4 is 23.5 Å². The van der Waals surface area contributed by atoms with Gasteiger partial charge in [0.15, 0.2) is 5.11 Å². The highest BCUT2D eigenvalue weighted by molar-refractivity contribution is 7.80. The molecule has 0 unspecified atom stereocenters. The van der Waals surface area contributed by atoms with Crippen LogP contribution in [-0.4, -0.2) is 33.2 Å². The Morgan fingerprint density at radius 3 is 2.48 bits per heavy atom. The van der Waals surface area contributed by atoms with Crippen LogP contribution >= 0.6 is 12.2 Å². The number of hydrazone groups is 1. The zero-order valence-corrected chi connectivity index (χ0v) is 16.0. The van der Waals surface area contributed by atoms with Crippen molar-refractivity contribution in [2.24, 2.45) is 5.10 Å². The molecule has 27 heavy (non-hydrogen) atoms. The fourth-order valence-corrected chi connectivity index (χ4v) is 2.67. The number of thiocarbonyl (C=S) groups is 1. The molecular weight excluding hydrogens is 358 g/mol. The molecule has 3 rings (SSSR count). The van der Waals surface area contributed by atoms with E-state index in [2.05, 4.69) is 15.5 Å². The van der Waals surface area contributed by atoms with Gasteiger partial charge in [-0.05, 0) is 36.8 Å². The van der Waals surface area contributed by atoms with E-state index in [1.807, 2.05) is 67.6 Å². The molecule has 0 saturated heterocycles. The number of hydrogen-bond acceptors (Lipinski definition) is 3. The Kier molecular flexibility index (Phi) is 5.83. The molecule has 0 bridgehead atoms. The molecule has 0 atom stereocenters. The molecule has 0 saturated carbocycles. The Bertz CT molecular complexity index is 992. The first kappa shape index (κ1) is 18.6. The Balaban J connectivity index is 1.69. The minimum atomic E-state index is -0.154.